The van der Waals surface area contributed by atoms with Gasteiger partial charge in [0.15, 0.2) is 6.10 Å². The van der Waals surface area contributed by atoms with E-state index >= 15 is 0 Å². The summed E-state index contributed by atoms with van der Waals surface area (Å²) >= 11 is 0. The van der Waals surface area contributed by atoms with E-state index in [1.165, 1.54) is 141 Å². The number of hydrogen-bond donors (Lipinski definition) is 0. The Morgan fingerprint density at radius 3 is 0.747 bits per heavy atom. The van der Waals surface area contributed by atoms with E-state index in [9.17, 15) is 14.4 Å². The molecule has 0 rings (SSSR count). The summed E-state index contributed by atoms with van der Waals surface area (Å²) in [7, 11) is 0. The van der Waals surface area contributed by atoms with E-state index < -0.39 is 6.10 Å². The molecule has 472 valence electrons. The highest BCUT2D eigenvalue weighted by atomic mass is 16.6. The maximum absolute atomic E-state index is 13.0. The van der Waals surface area contributed by atoms with Crippen molar-refractivity contribution in [1.82, 2.24) is 0 Å². The van der Waals surface area contributed by atoms with Crippen molar-refractivity contribution in [3.05, 3.63) is 134 Å². The lowest BCUT2D eigenvalue weighted by atomic mass is 10.0. The number of ether oxygens (including phenoxy) is 3. The van der Waals surface area contributed by atoms with Crippen LogP contribution in [0.4, 0.5) is 0 Å². The van der Waals surface area contributed by atoms with Gasteiger partial charge in [0.1, 0.15) is 13.2 Å². The molecule has 0 heterocycles. The van der Waals surface area contributed by atoms with Crippen LogP contribution in [0.3, 0.4) is 0 Å². The molecule has 6 nitrogen and oxygen atoms in total. The number of allylic oxidation sites excluding steroid dienone is 22. The predicted molar refractivity (Wildman–Crippen MR) is 362 cm³/mol. The molecule has 0 bridgehead atoms. The molecule has 0 aromatic rings. The topological polar surface area (TPSA) is 78.9 Å². The molecule has 0 aromatic carbocycles. The van der Waals surface area contributed by atoms with Crippen LogP contribution in [0, 0.1) is 0 Å². The van der Waals surface area contributed by atoms with Gasteiger partial charge in [0, 0.05) is 19.3 Å². The van der Waals surface area contributed by atoms with Gasteiger partial charge in [-0.2, -0.15) is 0 Å². The Hall–Kier alpha value is -4.45. The molecule has 0 saturated carbocycles. The molecule has 0 spiro atoms. The van der Waals surface area contributed by atoms with Gasteiger partial charge in [-0.1, -0.05) is 296 Å². The summed E-state index contributed by atoms with van der Waals surface area (Å²) < 4.78 is 17.0. The molecule has 0 aliphatic heterocycles. The summed E-state index contributed by atoms with van der Waals surface area (Å²) in [4.78, 5) is 38.5. The minimum absolute atomic E-state index is 0.0932. The van der Waals surface area contributed by atoms with Crippen molar-refractivity contribution in [3.8, 4) is 0 Å². The number of rotatable bonds is 62. The van der Waals surface area contributed by atoms with Crippen LogP contribution < -0.4 is 0 Å². The summed E-state index contributed by atoms with van der Waals surface area (Å²) in [6, 6.07) is 0. The molecule has 0 N–H and O–H groups in total. The molecule has 83 heavy (non-hydrogen) atoms. The number of unbranched alkanes of at least 4 members (excludes halogenated alkanes) is 29. The molecule has 0 aliphatic carbocycles. The summed E-state index contributed by atoms with van der Waals surface area (Å²) in [6.45, 7) is 6.41. The fraction of sp³-hybridized carbons (Fsp3) is 0.675. The second kappa shape index (κ2) is 70.0. The van der Waals surface area contributed by atoms with Gasteiger partial charge in [-0.05, 0) is 135 Å². The van der Waals surface area contributed by atoms with Crippen molar-refractivity contribution in [1.29, 1.82) is 0 Å². The van der Waals surface area contributed by atoms with Gasteiger partial charge >= 0.3 is 17.9 Å². The smallest absolute Gasteiger partial charge is 0.306 e. The lowest BCUT2D eigenvalue weighted by Gasteiger charge is -2.18. The van der Waals surface area contributed by atoms with Gasteiger partial charge < -0.3 is 14.2 Å². The monoisotopic (exact) mass is 1150 g/mol. The van der Waals surface area contributed by atoms with Crippen LogP contribution in [-0.2, 0) is 28.6 Å². The molecule has 0 radical (unpaired) electrons. The first kappa shape index (κ1) is 78.5. The zero-order valence-corrected chi connectivity index (χ0v) is 54.2. The number of hydrogen-bond acceptors (Lipinski definition) is 6. The minimum atomic E-state index is -0.801. The number of carbonyl (C=O) groups excluding carboxylic acids is 3. The largest absolute Gasteiger partial charge is 0.462 e. The molecule has 1 unspecified atom stereocenters. The summed E-state index contributed by atoms with van der Waals surface area (Å²) in [5, 5.41) is 0. The second-order valence-electron chi connectivity index (χ2n) is 22.7. The molecule has 0 amide bonds. The van der Waals surface area contributed by atoms with Crippen LogP contribution in [0.2, 0.25) is 0 Å². The maximum atomic E-state index is 13.0. The molecule has 0 fully saturated rings. The zero-order chi connectivity index (χ0) is 59.9. The van der Waals surface area contributed by atoms with Crippen molar-refractivity contribution in [3.63, 3.8) is 0 Å². The van der Waals surface area contributed by atoms with Gasteiger partial charge in [-0.15, -0.1) is 0 Å². The van der Waals surface area contributed by atoms with Crippen molar-refractivity contribution in [2.75, 3.05) is 13.2 Å². The first-order valence-corrected chi connectivity index (χ1v) is 34.7. The summed E-state index contributed by atoms with van der Waals surface area (Å²) in [5.41, 5.74) is 0. The average molecular weight is 1150 g/mol. The molecule has 0 saturated heterocycles. The quantitative estimate of drug-likeness (QED) is 0.0261. The van der Waals surface area contributed by atoms with E-state index in [4.69, 9.17) is 14.2 Å². The van der Waals surface area contributed by atoms with Crippen molar-refractivity contribution in [2.45, 2.75) is 322 Å². The van der Waals surface area contributed by atoms with E-state index in [0.29, 0.717) is 19.3 Å². The molecule has 0 aliphatic rings. The van der Waals surface area contributed by atoms with Crippen LogP contribution in [0.1, 0.15) is 316 Å². The van der Waals surface area contributed by atoms with E-state index in [1.807, 2.05) is 0 Å². The lowest BCUT2D eigenvalue weighted by Crippen LogP contribution is -2.30. The second-order valence-corrected chi connectivity index (χ2v) is 22.7. The van der Waals surface area contributed by atoms with E-state index in [1.54, 1.807) is 0 Å². The van der Waals surface area contributed by atoms with Crippen molar-refractivity contribution in [2.24, 2.45) is 0 Å². The maximum Gasteiger partial charge on any atom is 0.306 e. The van der Waals surface area contributed by atoms with Gasteiger partial charge in [-0.25, -0.2) is 0 Å². The van der Waals surface area contributed by atoms with Crippen LogP contribution in [0.5, 0.6) is 0 Å². The molecule has 6 heteroatoms. The number of esters is 3. The molecule has 1 atom stereocenters. The van der Waals surface area contributed by atoms with E-state index in [2.05, 4.69) is 154 Å². The summed E-state index contributed by atoms with van der Waals surface area (Å²) in [5.74, 6) is -0.916. The normalized spacial score (nSPS) is 13.0. The molecule has 0 aromatic heterocycles. The van der Waals surface area contributed by atoms with E-state index in [-0.39, 0.29) is 31.1 Å². The minimum Gasteiger partial charge on any atom is -0.462 e. The fourth-order valence-corrected chi connectivity index (χ4v) is 9.49. The van der Waals surface area contributed by atoms with Crippen molar-refractivity contribution < 1.29 is 28.6 Å². The predicted octanol–water partition coefficient (Wildman–Crippen LogP) is 24.1. The Labute approximate surface area is 513 Å². The Morgan fingerprint density at radius 1 is 0.253 bits per heavy atom. The van der Waals surface area contributed by atoms with E-state index in [0.717, 1.165) is 135 Å². The Kier molecular flexibility index (Phi) is 66.3. The van der Waals surface area contributed by atoms with Gasteiger partial charge in [0.2, 0.25) is 0 Å². The van der Waals surface area contributed by atoms with Gasteiger partial charge in [0.25, 0.3) is 0 Å². The highest BCUT2D eigenvalue weighted by molar-refractivity contribution is 5.71. The highest BCUT2D eigenvalue weighted by Gasteiger charge is 2.19. The Bertz CT molecular complexity index is 1750. The van der Waals surface area contributed by atoms with Crippen LogP contribution in [0.15, 0.2) is 134 Å². The third-order valence-electron chi connectivity index (χ3n) is 14.6. The van der Waals surface area contributed by atoms with Crippen LogP contribution in [0.25, 0.3) is 0 Å². The zero-order valence-electron chi connectivity index (χ0n) is 54.2. The van der Waals surface area contributed by atoms with Crippen molar-refractivity contribution >= 4 is 17.9 Å². The standard InChI is InChI=1S/C77H128O6/c1-4-7-10-13-16-19-22-25-28-31-33-35-37-38-40-41-43-46-49-52-55-58-61-64-67-70-76(79)82-73-74(72-81-75(78)69-66-63-60-57-54-51-48-45-30-27-24-21-18-15-12-9-6-3)83-77(80)71-68-65-62-59-56-53-50-47-44-42-39-36-34-32-29-26-23-20-17-14-11-8-5-2/h7-8,10-11,16-17,19-20,25-30,33-36,42,44,50,53,74H,4-6,9,12-15,18,21-24,31-32,37-41,43,45-49,51-52,54-73H2,1-3H3/b10-7-,11-8-,19-16-,20-17-,28-25-,29-26-,30-27-,35-33-,36-34-,44-42-,53-50-. The highest BCUT2D eigenvalue weighted by Crippen LogP contribution is 2.16. The number of carbonyl (C=O) groups is 3. The van der Waals surface area contributed by atoms with Crippen LogP contribution in [-0.4, -0.2) is 37.2 Å². The van der Waals surface area contributed by atoms with Crippen LogP contribution >= 0.6 is 0 Å². The fourth-order valence-electron chi connectivity index (χ4n) is 9.49. The van der Waals surface area contributed by atoms with Gasteiger partial charge in [0.05, 0.1) is 0 Å². The SMILES string of the molecule is CC/C=C\C/C=C\C/C=C\C/C=C\C/C=C\C/C=C\CCCCCCC(=O)OC(COC(=O)CCCCCCCCC/C=C\CCCCCCCC)COC(=O)CCCCCCCCCCCCCC/C=C\C/C=C\C/C=C\C/C=C\CC. The summed E-state index contributed by atoms with van der Waals surface area (Å²) in [6.07, 6.45) is 98.9. The third-order valence-corrected chi connectivity index (χ3v) is 14.6. The first-order valence-electron chi connectivity index (χ1n) is 34.7. The third kappa shape index (κ3) is 68.2. The molecular formula is C77H128O6. The van der Waals surface area contributed by atoms with Gasteiger partial charge in [-0.3, -0.25) is 14.4 Å². The molecular weight excluding hydrogens is 1020 g/mol. The average Bonchev–Trinajstić information content (AvgIpc) is 3.49. The first-order chi connectivity index (χ1) is 41.0. The lowest BCUT2D eigenvalue weighted by molar-refractivity contribution is -0.167. The Morgan fingerprint density at radius 2 is 0.470 bits per heavy atom. The Balaban J connectivity index is 4.43.